The minimum Gasteiger partial charge on any atom is -0.489 e. The van der Waals surface area contributed by atoms with Crippen LogP contribution in [0.3, 0.4) is 0 Å². The lowest BCUT2D eigenvalue weighted by Crippen LogP contribution is -2.29. The van der Waals surface area contributed by atoms with Crippen LogP contribution in [0.2, 0.25) is 0 Å². The number of nitrogens with one attached hydrogen (secondary N) is 2. The Hall–Kier alpha value is -4.14. The van der Waals surface area contributed by atoms with Crippen LogP contribution in [-0.2, 0) is 20.2 Å². The van der Waals surface area contributed by atoms with Crippen molar-refractivity contribution in [3.8, 4) is 5.75 Å². The van der Waals surface area contributed by atoms with Gasteiger partial charge in [-0.1, -0.05) is 30.3 Å². The monoisotopic (exact) mass is 418 g/mol. The van der Waals surface area contributed by atoms with Crippen LogP contribution in [0.5, 0.6) is 5.75 Å². The van der Waals surface area contributed by atoms with Crippen molar-refractivity contribution in [2.75, 3.05) is 5.43 Å². The number of fused-ring (bicyclic) bond motifs is 1. The van der Waals surface area contributed by atoms with Crippen LogP contribution in [-0.4, -0.2) is 25.3 Å². The van der Waals surface area contributed by atoms with Crippen LogP contribution >= 0.6 is 0 Å². The first kappa shape index (κ1) is 20.1. The number of hydrogen-bond donors (Lipinski definition) is 2. The highest BCUT2D eigenvalue weighted by molar-refractivity contribution is 5.80. The first-order chi connectivity index (χ1) is 15.1. The van der Waals surface area contributed by atoms with E-state index in [9.17, 15) is 9.59 Å². The highest BCUT2D eigenvalue weighted by Crippen LogP contribution is 2.16. The van der Waals surface area contributed by atoms with Gasteiger partial charge in [-0.15, -0.1) is 0 Å². The number of nitrogens with zero attached hydrogens (tertiary/aromatic N) is 4. The molecule has 0 saturated heterocycles. The zero-order chi connectivity index (χ0) is 21.8. The number of anilines is 1. The molecule has 4 rings (SSSR count). The third kappa shape index (κ3) is 4.25. The first-order valence-corrected chi connectivity index (χ1v) is 9.82. The predicted molar refractivity (Wildman–Crippen MR) is 120 cm³/mol. The molecule has 0 aliphatic carbocycles. The Balaban J connectivity index is 1.47. The number of hydrazone groups is 1. The Morgan fingerprint density at radius 1 is 1.13 bits per heavy atom. The average Bonchev–Trinajstić information content (AvgIpc) is 3.17. The van der Waals surface area contributed by atoms with Crippen LogP contribution in [0.1, 0.15) is 18.1 Å². The zero-order valence-corrected chi connectivity index (χ0v) is 17.2. The highest BCUT2D eigenvalue weighted by atomic mass is 16.5. The molecule has 158 valence electrons. The van der Waals surface area contributed by atoms with Crippen molar-refractivity contribution in [2.45, 2.75) is 20.1 Å². The van der Waals surface area contributed by atoms with Crippen molar-refractivity contribution in [2.24, 2.45) is 12.1 Å². The number of aryl methyl sites for hydroxylation is 2. The molecule has 0 aliphatic heterocycles. The molecule has 9 nitrogen and oxygen atoms in total. The molecule has 2 aromatic heterocycles. The first-order valence-electron chi connectivity index (χ1n) is 9.82. The van der Waals surface area contributed by atoms with E-state index in [-0.39, 0.29) is 0 Å². The third-order valence-corrected chi connectivity index (χ3v) is 4.83. The van der Waals surface area contributed by atoms with Crippen LogP contribution in [0, 0.1) is 0 Å². The molecule has 0 amide bonds. The molecule has 2 heterocycles. The van der Waals surface area contributed by atoms with Gasteiger partial charge >= 0.3 is 5.69 Å². The number of aromatic nitrogens is 4. The smallest absolute Gasteiger partial charge is 0.329 e. The fraction of sp³-hybridized carbons (Fsp3) is 0.182. The van der Waals surface area contributed by atoms with Crippen molar-refractivity contribution in [1.82, 2.24) is 19.1 Å². The Labute approximate surface area is 177 Å². The van der Waals surface area contributed by atoms with Gasteiger partial charge in [-0.25, -0.2) is 10.2 Å². The molecule has 2 aromatic carbocycles. The summed E-state index contributed by atoms with van der Waals surface area (Å²) >= 11 is 0. The van der Waals surface area contributed by atoms with Gasteiger partial charge in [0.05, 0.1) is 6.21 Å². The summed E-state index contributed by atoms with van der Waals surface area (Å²) in [7, 11) is 1.56. The van der Waals surface area contributed by atoms with Gasteiger partial charge in [0.2, 0.25) is 5.95 Å². The standard InChI is InChI=1S/C22H22N6O3/c1-3-28-18-19(27(2)22(30)25-20(18)29)24-21(28)26-23-13-15-9-11-17(12-10-15)31-14-16-7-5-4-6-8-16/h4-13H,3,14H2,1-2H3,(H,24,26)(H,25,29,30)/b23-13-. The number of aromatic amines is 1. The van der Waals surface area contributed by atoms with Crippen molar-refractivity contribution in [3.63, 3.8) is 0 Å². The molecule has 31 heavy (non-hydrogen) atoms. The van der Waals surface area contributed by atoms with Crippen molar-refractivity contribution >= 4 is 23.3 Å². The van der Waals surface area contributed by atoms with Gasteiger partial charge in [-0.2, -0.15) is 10.1 Å². The molecular weight excluding hydrogens is 396 g/mol. The largest absolute Gasteiger partial charge is 0.489 e. The van der Waals surface area contributed by atoms with E-state index < -0.39 is 11.2 Å². The van der Waals surface area contributed by atoms with Gasteiger partial charge in [0, 0.05) is 13.6 Å². The van der Waals surface area contributed by atoms with Crippen molar-refractivity contribution in [3.05, 3.63) is 86.6 Å². The molecule has 0 fully saturated rings. The van der Waals surface area contributed by atoms with E-state index >= 15 is 0 Å². The quantitative estimate of drug-likeness (QED) is 0.354. The lowest BCUT2D eigenvalue weighted by atomic mass is 10.2. The summed E-state index contributed by atoms with van der Waals surface area (Å²) in [5, 5.41) is 4.22. The van der Waals surface area contributed by atoms with E-state index in [1.54, 1.807) is 17.8 Å². The van der Waals surface area contributed by atoms with Crippen LogP contribution in [0.4, 0.5) is 5.95 Å². The Morgan fingerprint density at radius 2 is 1.87 bits per heavy atom. The molecule has 0 radical (unpaired) electrons. The Morgan fingerprint density at radius 3 is 2.58 bits per heavy atom. The number of ether oxygens (including phenoxy) is 1. The number of rotatable bonds is 7. The van der Waals surface area contributed by atoms with Crippen LogP contribution in [0.15, 0.2) is 69.3 Å². The van der Waals surface area contributed by atoms with E-state index in [0.717, 1.165) is 16.9 Å². The minimum atomic E-state index is -0.511. The van der Waals surface area contributed by atoms with E-state index in [0.29, 0.717) is 30.3 Å². The summed E-state index contributed by atoms with van der Waals surface area (Å²) in [5.74, 6) is 1.14. The molecule has 4 aromatic rings. The summed E-state index contributed by atoms with van der Waals surface area (Å²) in [5.41, 5.74) is 4.46. The average molecular weight is 418 g/mol. The lowest BCUT2D eigenvalue weighted by Gasteiger charge is -2.06. The summed E-state index contributed by atoms with van der Waals surface area (Å²) in [6.45, 7) is 2.88. The summed E-state index contributed by atoms with van der Waals surface area (Å²) in [4.78, 5) is 30.7. The second-order valence-corrected chi connectivity index (χ2v) is 6.88. The van der Waals surface area contributed by atoms with Gasteiger partial charge in [-0.05, 0) is 42.3 Å². The topological polar surface area (TPSA) is 106 Å². The van der Waals surface area contributed by atoms with Crippen LogP contribution in [0.25, 0.3) is 11.2 Å². The maximum atomic E-state index is 12.2. The molecular formula is C22H22N6O3. The van der Waals surface area contributed by atoms with Gasteiger partial charge in [0.15, 0.2) is 11.2 Å². The number of H-pyrrole nitrogens is 1. The molecule has 2 N–H and O–H groups in total. The number of hydrogen-bond acceptors (Lipinski definition) is 6. The SMILES string of the molecule is CCn1c(N/N=C\c2ccc(OCc3ccccc3)cc2)nc2c1c(=O)[nH]c(=O)n2C. The maximum Gasteiger partial charge on any atom is 0.329 e. The third-order valence-electron chi connectivity index (χ3n) is 4.83. The highest BCUT2D eigenvalue weighted by Gasteiger charge is 2.15. The summed E-state index contributed by atoms with van der Waals surface area (Å²) < 4.78 is 8.75. The Kier molecular flexibility index (Phi) is 5.65. The predicted octanol–water partition coefficient (Wildman–Crippen LogP) is 2.47. The van der Waals surface area contributed by atoms with Gasteiger partial charge in [-0.3, -0.25) is 14.3 Å². The molecule has 0 unspecified atom stereocenters. The Bertz CT molecular complexity index is 1330. The number of imidazole rings is 1. The second kappa shape index (κ2) is 8.70. The van der Waals surface area contributed by atoms with Gasteiger partial charge in [0.1, 0.15) is 12.4 Å². The minimum absolute atomic E-state index is 0.299. The van der Waals surface area contributed by atoms with E-state index in [1.165, 1.54) is 4.57 Å². The van der Waals surface area contributed by atoms with Gasteiger partial charge in [0.25, 0.3) is 5.56 Å². The van der Waals surface area contributed by atoms with Crippen LogP contribution < -0.4 is 21.4 Å². The fourth-order valence-electron chi connectivity index (χ4n) is 3.18. The normalized spacial score (nSPS) is 11.3. The molecule has 0 spiro atoms. The van der Waals surface area contributed by atoms with E-state index in [4.69, 9.17) is 4.74 Å². The summed E-state index contributed by atoms with van der Waals surface area (Å²) in [6.07, 6.45) is 1.64. The maximum absolute atomic E-state index is 12.2. The lowest BCUT2D eigenvalue weighted by molar-refractivity contribution is 0.306. The second-order valence-electron chi connectivity index (χ2n) is 6.88. The molecule has 0 atom stereocenters. The molecule has 0 aliphatic rings. The zero-order valence-electron chi connectivity index (χ0n) is 17.2. The number of benzene rings is 2. The molecule has 0 saturated carbocycles. The van der Waals surface area contributed by atoms with Gasteiger partial charge < -0.3 is 9.30 Å². The molecule has 0 bridgehead atoms. The van der Waals surface area contributed by atoms with E-state index in [2.05, 4.69) is 20.5 Å². The fourth-order valence-corrected chi connectivity index (χ4v) is 3.18. The summed E-state index contributed by atoms with van der Waals surface area (Å²) in [6, 6.07) is 17.5. The molecule has 9 heteroatoms. The van der Waals surface area contributed by atoms with Crippen molar-refractivity contribution in [1.29, 1.82) is 0 Å². The van der Waals surface area contributed by atoms with Crippen molar-refractivity contribution < 1.29 is 4.74 Å². The van der Waals surface area contributed by atoms with E-state index in [1.807, 2.05) is 61.5 Å².